The number of amides is 1. The summed E-state index contributed by atoms with van der Waals surface area (Å²) in [5.41, 5.74) is 0.828. The molecule has 10 heteroatoms. The van der Waals surface area contributed by atoms with Crippen LogP contribution >= 0.6 is 0 Å². The number of hydrogen-bond acceptors (Lipinski definition) is 9. The summed E-state index contributed by atoms with van der Waals surface area (Å²) in [6.07, 6.45) is -1.24. The molecule has 0 radical (unpaired) electrons. The van der Waals surface area contributed by atoms with Gasteiger partial charge >= 0.3 is 17.9 Å². The maximum Gasteiger partial charge on any atom is 0.341 e. The molecule has 1 rings (SSSR count). The smallest absolute Gasteiger partial charge is 0.341 e. The van der Waals surface area contributed by atoms with Crippen LogP contribution in [0.1, 0.15) is 55.6 Å². The molecule has 172 valence electrons. The van der Waals surface area contributed by atoms with Crippen molar-refractivity contribution in [1.29, 1.82) is 0 Å². The van der Waals surface area contributed by atoms with Crippen molar-refractivity contribution in [3.63, 3.8) is 0 Å². The second kappa shape index (κ2) is 13.2. The Morgan fingerprint density at radius 3 is 2.45 bits per heavy atom. The van der Waals surface area contributed by atoms with E-state index in [0.29, 0.717) is 6.54 Å². The number of rotatable bonds is 12. The molecular weight excluding hydrogens is 408 g/mol. The van der Waals surface area contributed by atoms with Crippen LogP contribution in [-0.4, -0.2) is 61.8 Å². The molecule has 0 aliphatic rings. The fourth-order valence-electron chi connectivity index (χ4n) is 2.78. The zero-order chi connectivity index (χ0) is 23.4. The molecule has 0 heterocycles. The normalized spacial score (nSPS) is 12.4. The van der Waals surface area contributed by atoms with Gasteiger partial charge in [0.25, 0.3) is 0 Å². The van der Waals surface area contributed by atoms with Crippen molar-refractivity contribution in [3.05, 3.63) is 29.3 Å². The van der Waals surface area contributed by atoms with Gasteiger partial charge in [-0.05, 0) is 31.5 Å². The first kappa shape index (κ1) is 25.9. The van der Waals surface area contributed by atoms with E-state index in [1.807, 2.05) is 6.92 Å². The molecule has 1 amide bonds. The summed E-state index contributed by atoms with van der Waals surface area (Å²) in [5.74, 6) is -2.30. The largest absolute Gasteiger partial charge is 0.507 e. The molecule has 0 bridgehead atoms. The summed E-state index contributed by atoms with van der Waals surface area (Å²) >= 11 is 0. The highest BCUT2D eigenvalue weighted by Gasteiger charge is 2.21. The highest BCUT2D eigenvalue weighted by atomic mass is 16.6. The SMILES string of the molecule is CCOC(=O)C[C@H](CC(=O)NCCN[C@H](C)c1ccc(O)c(C(=O)OC)c1)OC(C)=O. The Morgan fingerprint density at radius 1 is 1.13 bits per heavy atom. The summed E-state index contributed by atoms with van der Waals surface area (Å²) in [4.78, 5) is 46.6. The van der Waals surface area contributed by atoms with E-state index >= 15 is 0 Å². The van der Waals surface area contributed by atoms with Gasteiger partial charge in [0.05, 0.1) is 26.6 Å². The third-order valence-electron chi connectivity index (χ3n) is 4.27. The van der Waals surface area contributed by atoms with Gasteiger partial charge in [0.1, 0.15) is 17.4 Å². The lowest BCUT2D eigenvalue weighted by Crippen LogP contribution is -2.35. The van der Waals surface area contributed by atoms with Crippen molar-refractivity contribution in [1.82, 2.24) is 10.6 Å². The zero-order valence-electron chi connectivity index (χ0n) is 18.2. The Balaban J connectivity index is 2.50. The van der Waals surface area contributed by atoms with E-state index in [2.05, 4.69) is 15.4 Å². The van der Waals surface area contributed by atoms with Crippen molar-refractivity contribution < 1.29 is 38.5 Å². The van der Waals surface area contributed by atoms with Crippen LogP contribution in [-0.2, 0) is 28.6 Å². The minimum Gasteiger partial charge on any atom is -0.507 e. The fourth-order valence-corrected chi connectivity index (χ4v) is 2.78. The number of ether oxygens (including phenoxy) is 3. The molecule has 3 N–H and O–H groups in total. The molecule has 0 unspecified atom stereocenters. The van der Waals surface area contributed by atoms with Crippen LogP contribution < -0.4 is 10.6 Å². The molecule has 0 spiro atoms. The minimum absolute atomic E-state index is 0.0695. The quantitative estimate of drug-likeness (QED) is 0.250. The molecule has 1 aromatic rings. The van der Waals surface area contributed by atoms with E-state index in [1.165, 1.54) is 26.2 Å². The maximum absolute atomic E-state index is 12.1. The van der Waals surface area contributed by atoms with Gasteiger partial charge in [-0.25, -0.2) is 4.79 Å². The van der Waals surface area contributed by atoms with E-state index in [1.54, 1.807) is 13.0 Å². The zero-order valence-corrected chi connectivity index (χ0v) is 18.2. The molecule has 2 atom stereocenters. The van der Waals surface area contributed by atoms with Crippen molar-refractivity contribution >= 4 is 23.8 Å². The van der Waals surface area contributed by atoms with Crippen LogP contribution in [0.3, 0.4) is 0 Å². The molecular formula is C21H30N2O8. The van der Waals surface area contributed by atoms with E-state index < -0.39 is 24.0 Å². The average Bonchev–Trinajstić information content (AvgIpc) is 2.70. The van der Waals surface area contributed by atoms with Gasteiger partial charge in [-0.2, -0.15) is 0 Å². The van der Waals surface area contributed by atoms with Crippen molar-refractivity contribution in [3.8, 4) is 5.75 Å². The second-order valence-electron chi connectivity index (χ2n) is 6.74. The Bertz CT molecular complexity index is 781. The van der Waals surface area contributed by atoms with Gasteiger partial charge in [-0.15, -0.1) is 0 Å². The minimum atomic E-state index is -0.892. The summed E-state index contributed by atoms with van der Waals surface area (Å²) in [6.45, 7) is 5.63. The van der Waals surface area contributed by atoms with E-state index in [0.717, 1.165) is 5.56 Å². The van der Waals surface area contributed by atoms with E-state index in [-0.39, 0.29) is 49.3 Å². The monoisotopic (exact) mass is 438 g/mol. The van der Waals surface area contributed by atoms with Gasteiger partial charge < -0.3 is 30.0 Å². The van der Waals surface area contributed by atoms with Crippen molar-refractivity contribution in [2.75, 3.05) is 26.8 Å². The number of methoxy groups -OCH3 is 1. The van der Waals surface area contributed by atoms with Gasteiger partial charge in [0.2, 0.25) is 5.91 Å². The first-order valence-electron chi connectivity index (χ1n) is 9.92. The predicted octanol–water partition coefficient (Wildman–Crippen LogP) is 1.22. The molecule has 10 nitrogen and oxygen atoms in total. The van der Waals surface area contributed by atoms with E-state index in [4.69, 9.17) is 9.47 Å². The first-order valence-corrected chi connectivity index (χ1v) is 9.92. The number of phenolic OH excluding ortho intramolecular Hbond substituents is 1. The summed E-state index contributed by atoms with van der Waals surface area (Å²) in [7, 11) is 1.23. The highest BCUT2D eigenvalue weighted by molar-refractivity contribution is 5.92. The molecule has 0 saturated heterocycles. The molecule has 0 aliphatic carbocycles. The number of nitrogens with one attached hydrogen (secondary N) is 2. The van der Waals surface area contributed by atoms with Gasteiger partial charge in [0, 0.05) is 26.1 Å². The predicted molar refractivity (Wildman–Crippen MR) is 110 cm³/mol. The maximum atomic E-state index is 12.1. The van der Waals surface area contributed by atoms with Gasteiger partial charge in [0.15, 0.2) is 0 Å². The van der Waals surface area contributed by atoms with Crippen LogP contribution in [0.15, 0.2) is 18.2 Å². The summed E-state index contributed by atoms with van der Waals surface area (Å²) < 4.78 is 14.5. The molecule has 0 fully saturated rings. The average molecular weight is 438 g/mol. The Hall–Kier alpha value is -3.14. The second-order valence-corrected chi connectivity index (χ2v) is 6.74. The Morgan fingerprint density at radius 2 is 1.84 bits per heavy atom. The first-order chi connectivity index (χ1) is 14.7. The lowest BCUT2D eigenvalue weighted by atomic mass is 10.0. The molecule has 0 aliphatic heterocycles. The van der Waals surface area contributed by atoms with Gasteiger partial charge in [-0.1, -0.05) is 6.07 Å². The topological polar surface area (TPSA) is 140 Å². The third kappa shape index (κ3) is 9.47. The van der Waals surface area contributed by atoms with Crippen molar-refractivity contribution in [2.45, 2.75) is 45.8 Å². The molecule has 0 saturated carbocycles. The number of hydrogen-bond donors (Lipinski definition) is 3. The van der Waals surface area contributed by atoms with Crippen LogP contribution in [0.25, 0.3) is 0 Å². The lowest BCUT2D eigenvalue weighted by Gasteiger charge is -2.17. The van der Waals surface area contributed by atoms with E-state index in [9.17, 15) is 24.3 Å². The number of phenols is 1. The summed E-state index contributed by atoms with van der Waals surface area (Å²) in [5, 5.41) is 15.6. The highest BCUT2D eigenvalue weighted by Crippen LogP contribution is 2.23. The number of carbonyl (C=O) groups is 4. The Kier molecular flexibility index (Phi) is 11.0. The summed E-state index contributed by atoms with van der Waals surface area (Å²) in [6, 6.07) is 4.46. The number of aromatic hydroxyl groups is 1. The van der Waals surface area contributed by atoms with Gasteiger partial charge in [-0.3, -0.25) is 14.4 Å². The van der Waals surface area contributed by atoms with Crippen LogP contribution in [0.5, 0.6) is 5.75 Å². The number of carbonyl (C=O) groups excluding carboxylic acids is 4. The Labute approximate surface area is 181 Å². The van der Waals surface area contributed by atoms with Crippen LogP contribution in [0.4, 0.5) is 0 Å². The van der Waals surface area contributed by atoms with Crippen molar-refractivity contribution in [2.24, 2.45) is 0 Å². The fraction of sp³-hybridized carbons (Fsp3) is 0.524. The number of benzene rings is 1. The van der Waals surface area contributed by atoms with Crippen LogP contribution in [0, 0.1) is 0 Å². The molecule has 1 aromatic carbocycles. The van der Waals surface area contributed by atoms with Crippen LogP contribution in [0.2, 0.25) is 0 Å². The standard InChI is InChI=1S/C21H30N2O8/c1-5-30-20(27)12-16(31-14(3)24)11-19(26)23-9-8-22-13(2)15-6-7-18(25)17(10-15)21(28)29-4/h6-7,10,13,16,22,25H,5,8-9,11-12H2,1-4H3,(H,23,26)/t13-,16+/m1/s1. The number of esters is 3. The third-order valence-corrected chi connectivity index (χ3v) is 4.27. The molecule has 31 heavy (non-hydrogen) atoms. The molecule has 0 aromatic heterocycles. The lowest BCUT2D eigenvalue weighted by molar-refractivity contribution is -0.154.